The summed E-state index contributed by atoms with van der Waals surface area (Å²) in [7, 11) is 0. The van der Waals surface area contributed by atoms with Gasteiger partial charge in [-0.2, -0.15) is 0 Å². The van der Waals surface area contributed by atoms with Crippen molar-refractivity contribution in [1.82, 2.24) is 14.5 Å². The van der Waals surface area contributed by atoms with E-state index in [2.05, 4.69) is 11.1 Å². The van der Waals surface area contributed by atoms with E-state index in [4.69, 9.17) is 0 Å². The molecule has 0 N–H and O–H groups in total. The number of thioether (sulfide) groups is 1. The smallest absolute Gasteiger partial charge is 0.308 e. The molecule has 0 radical (unpaired) electrons. The van der Waals surface area contributed by atoms with Crippen molar-refractivity contribution >= 4 is 29.0 Å². The summed E-state index contributed by atoms with van der Waals surface area (Å²) < 4.78 is 1.80. The first-order valence-electron chi connectivity index (χ1n) is 11.3. The number of fused-ring (bicyclic) bond motifs is 6. The highest BCUT2D eigenvalue weighted by molar-refractivity contribution is 8.00. The van der Waals surface area contributed by atoms with E-state index in [0.29, 0.717) is 11.2 Å². The van der Waals surface area contributed by atoms with E-state index < -0.39 is 0 Å². The molecule has 0 spiro atoms. The van der Waals surface area contributed by atoms with Crippen LogP contribution in [0, 0.1) is 17.8 Å². The van der Waals surface area contributed by atoms with Gasteiger partial charge in [-0.25, -0.2) is 0 Å². The van der Waals surface area contributed by atoms with Gasteiger partial charge in [0.15, 0.2) is 0 Å². The summed E-state index contributed by atoms with van der Waals surface area (Å²) in [6, 6.07) is 4.19. The van der Waals surface area contributed by atoms with Gasteiger partial charge in [-0.1, -0.05) is 17.4 Å². The predicted octanol–water partition coefficient (Wildman–Crippen LogP) is 3.97. The molecule has 2 aromatic heterocycles. The maximum Gasteiger partial charge on any atom is 0.308 e. The van der Waals surface area contributed by atoms with Gasteiger partial charge in [0.25, 0.3) is 0 Å². The molecule has 30 heavy (non-hydrogen) atoms. The molecule has 158 valence electrons. The molecule has 2 bridgehead atoms. The molecule has 5 nitrogen and oxygen atoms in total. The summed E-state index contributed by atoms with van der Waals surface area (Å²) in [5.41, 5.74) is 1.23. The van der Waals surface area contributed by atoms with E-state index in [1.54, 1.807) is 4.57 Å². The van der Waals surface area contributed by atoms with Crippen LogP contribution >= 0.6 is 23.1 Å². The number of carbonyl (C=O) groups is 1. The van der Waals surface area contributed by atoms with Crippen LogP contribution < -0.4 is 4.87 Å². The molecule has 2 aromatic rings. The first-order valence-corrected chi connectivity index (χ1v) is 13.0. The molecule has 6 rings (SSSR count). The first-order chi connectivity index (χ1) is 14.7. The van der Waals surface area contributed by atoms with Crippen molar-refractivity contribution in [2.24, 2.45) is 17.8 Å². The van der Waals surface area contributed by atoms with E-state index >= 15 is 0 Å². The van der Waals surface area contributed by atoms with Crippen molar-refractivity contribution in [3.05, 3.63) is 44.6 Å². The Morgan fingerprint density at radius 3 is 2.80 bits per heavy atom. The van der Waals surface area contributed by atoms with Crippen LogP contribution in [-0.2, 0) is 11.3 Å². The number of thiazole rings is 1. The second kappa shape index (κ2) is 7.52. The lowest BCUT2D eigenvalue weighted by molar-refractivity contribution is -0.132. The topological polar surface area (TPSA) is 55.2 Å². The fraction of sp³-hybridized carbons (Fsp3) is 0.609. The Labute approximate surface area is 184 Å². The largest absolute Gasteiger partial charge is 0.341 e. The van der Waals surface area contributed by atoms with Gasteiger partial charge in [0.2, 0.25) is 5.91 Å². The number of piperidine rings is 1. The van der Waals surface area contributed by atoms with Crippen LogP contribution in [0.4, 0.5) is 0 Å². The number of pyridine rings is 1. The third kappa shape index (κ3) is 3.00. The van der Waals surface area contributed by atoms with E-state index in [1.807, 2.05) is 35.1 Å². The molecule has 1 amide bonds. The minimum Gasteiger partial charge on any atom is -0.341 e. The minimum absolute atomic E-state index is 0.0269. The molecule has 1 saturated heterocycles. The van der Waals surface area contributed by atoms with Gasteiger partial charge in [0, 0.05) is 41.5 Å². The Kier molecular flexibility index (Phi) is 4.79. The Hall–Kier alpha value is -1.60. The average Bonchev–Trinajstić information content (AvgIpc) is 3.48. The van der Waals surface area contributed by atoms with Gasteiger partial charge in [-0.15, -0.1) is 11.8 Å². The first kappa shape index (κ1) is 19.1. The number of likely N-dealkylation sites (tertiary alicyclic amines) is 1. The standard InChI is InChI=1S/C23H27N3O2S2/c27-17(25-9-2-1-3-10-25)13-26-22-21(30-23(26)28)19(16-5-4-8-24-12-16)18-14-6-7-15(11-14)20(18)29-22/h4-5,8,12,14-15,18-20H,1-3,6-7,9-11,13H2. The van der Waals surface area contributed by atoms with Gasteiger partial charge in [-0.05, 0) is 67.9 Å². The number of carbonyl (C=O) groups excluding carboxylic acids is 1. The fourth-order valence-electron chi connectivity index (χ4n) is 6.40. The van der Waals surface area contributed by atoms with Gasteiger partial charge in [0.05, 0.1) is 5.03 Å². The van der Waals surface area contributed by atoms with Crippen LogP contribution in [-0.4, -0.2) is 38.7 Å². The number of hydrogen-bond donors (Lipinski definition) is 0. The lowest BCUT2D eigenvalue weighted by atomic mass is 9.75. The van der Waals surface area contributed by atoms with Crippen LogP contribution in [0.15, 0.2) is 34.3 Å². The molecular weight excluding hydrogens is 414 g/mol. The van der Waals surface area contributed by atoms with Crippen molar-refractivity contribution < 1.29 is 4.79 Å². The number of rotatable bonds is 3. The second-order valence-corrected chi connectivity index (χ2v) is 11.5. The average molecular weight is 442 g/mol. The minimum atomic E-state index is 0.0269. The second-order valence-electron chi connectivity index (χ2n) is 9.32. The third-order valence-corrected chi connectivity index (χ3v) is 10.6. The molecule has 0 aromatic carbocycles. The zero-order valence-corrected chi connectivity index (χ0v) is 18.7. The maximum atomic E-state index is 13.1. The van der Waals surface area contributed by atoms with E-state index in [1.165, 1.54) is 47.5 Å². The summed E-state index contributed by atoms with van der Waals surface area (Å²) in [6.45, 7) is 1.86. The van der Waals surface area contributed by atoms with Crippen molar-refractivity contribution in [2.75, 3.05) is 13.1 Å². The lowest BCUT2D eigenvalue weighted by Gasteiger charge is -2.40. The molecular formula is C23H27N3O2S2. The zero-order chi connectivity index (χ0) is 20.2. The molecule has 2 saturated carbocycles. The highest BCUT2D eigenvalue weighted by Crippen LogP contribution is 2.63. The molecule has 7 heteroatoms. The predicted molar refractivity (Wildman–Crippen MR) is 119 cm³/mol. The summed E-state index contributed by atoms with van der Waals surface area (Å²) in [5, 5.41) is 1.63. The van der Waals surface area contributed by atoms with Gasteiger partial charge >= 0.3 is 4.87 Å². The maximum absolute atomic E-state index is 13.1. The van der Waals surface area contributed by atoms with Crippen LogP contribution in [0.2, 0.25) is 0 Å². The van der Waals surface area contributed by atoms with Gasteiger partial charge in [-0.3, -0.25) is 19.1 Å². The van der Waals surface area contributed by atoms with Crippen molar-refractivity contribution in [2.45, 2.75) is 61.3 Å². The van der Waals surface area contributed by atoms with E-state index in [0.717, 1.165) is 42.8 Å². The van der Waals surface area contributed by atoms with Crippen LogP contribution in [0.1, 0.15) is 54.9 Å². The summed E-state index contributed by atoms with van der Waals surface area (Å²) in [4.78, 5) is 33.6. The Balaban J connectivity index is 1.40. The molecule has 3 fully saturated rings. The normalized spacial score (nSPS) is 32.1. The highest BCUT2D eigenvalue weighted by atomic mass is 32.2. The van der Waals surface area contributed by atoms with Crippen molar-refractivity contribution in [3.8, 4) is 0 Å². The van der Waals surface area contributed by atoms with Crippen LogP contribution in [0.3, 0.4) is 0 Å². The number of amides is 1. The van der Waals surface area contributed by atoms with Crippen molar-refractivity contribution in [1.29, 1.82) is 0 Å². The molecule has 2 aliphatic carbocycles. The Morgan fingerprint density at radius 1 is 1.17 bits per heavy atom. The number of nitrogens with zero attached hydrogens (tertiary/aromatic N) is 3. The van der Waals surface area contributed by atoms with Gasteiger partial charge < -0.3 is 4.90 Å². The summed E-state index contributed by atoms with van der Waals surface area (Å²) in [5.74, 6) is 2.45. The van der Waals surface area contributed by atoms with Crippen molar-refractivity contribution in [3.63, 3.8) is 0 Å². The monoisotopic (exact) mass is 441 g/mol. The SMILES string of the molecule is O=C(Cn1c2c(sc1=O)C(c1cccnc1)C1C3CCC(C3)C1S2)N1CCCCC1. The number of aromatic nitrogens is 2. The third-order valence-electron chi connectivity index (χ3n) is 7.74. The molecule has 4 aliphatic rings. The molecule has 5 unspecified atom stereocenters. The molecule has 4 heterocycles. The van der Waals surface area contributed by atoms with Gasteiger partial charge in [0.1, 0.15) is 6.54 Å². The van der Waals surface area contributed by atoms with E-state index in [9.17, 15) is 9.59 Å². The number of hydrogen-bond acceptors (Lipinski definition) is 5. The Morgan fingerprint density at radius 2 is 2.00 bits per heavy atom. The zero-order valence-electron chi connectivity index (χ0n) is 17.0. The van der Waals surface area contributed by atoms with E-state index in [-0.39, 0.29) is 23.2 Å². The highest BCUT2D eigenvalue weighted by Gasteiger charge is 2.55. The Bertz CT molecular complexity index is 1010. The molecule has 2 aliphatic heterocycles. The summed E-state index contributed by atoms with van der Waals surface area (Å²) >= 11 is 3.28. The quantitative estimate of drug-likeness (QED) is 0.723. The fourth-order valence-corrected chi connectivity index (χ4v) is 9.55. The lowest BCUT2D eigenvalue weighted by Crippen LogP contribution is -2.39. The summed E-state index contributed by atoms with van der Waals surface area (Å²) in [6.07, 6.45) is 11.1. The van der Waals surface area contributed by atoms with Crippen LogP contribution in [0.25, 0.3) is 0 Å². The molecule has 5 atom stereocenters. The van der Waals surface area contributed by atoms with Crippen LogP contribution in [0.5, 0.6) is 0 Å².